The zero-order valence-electron chi connectivity index (χ0n) is 17.1. The predicted molar refractivity (Wildman–Crippen MR) is 114 cm³/mol. The van der Waals surface area contributed by atoms with Gasteiger partial charge >= 0.3 is 5.97 Å². The van der Waals surface area contributed by atoms with Gasteiger partial charge in [0.05, 0.1) is 25.5 Å². The van der Waals surface area contributed by atoms with Crippen molar-refractivity contribution in [1.29, 1.82) is 0 Å². The van der Waals surface area contributed by atoms with Crippen LogP contribution in [0, 0.1) is 0 Å². The van der Waals surface area contributed by atoms with Crippen molar-refractivity contribution in [3.05, 3.63) is 42.0 Å². The zero-order valence-corrected chi connectivity index (χ0v) is 17.9. The molecule has 162 valence electrons. The first-order chi connectivity index (χ1) is 14.4. The second-order valence-electron chi connectivity index (χ2n) is 7.06. The lowest BCUT2D eigenvalue weighted by atomic mass is 10.1. The van der Waals surface area contributed by atoms with Crippen LogP contribution < -0.4 is 19.1 Å². The largest absolute Gasteiger partial charge is 0.497 e. The number of nitrogens with one attached hydrogen (secondary N) is 1. The molecule has 2 N–H and O–H groups in total. The van der Waals surface area contributed by atoms with Crippen molar-refractivity contribution in [1.82, 2.24) is 0 Å². The van der Waals surface area contributed by atoms with Gasteiger partial charge in [0.25, 0.3) is 10.0 Å². The topological polar surface area (TPSA) is 105 Å². The van der Waals surface area contributed by atoms with E-state index in [9.17, 15) is 18.3 Å². The van der Waals surface area contributed by atoms with Crippen LogP contribution in [0.4, 0.5) is 11.4 Å². The average Bonchev–Trinajstić information content (AvgIpc) is 3.02. The summed E-state index contributed by atoms with van der Waals surface area (Å²) in [5.41, 5.74) is 0.657. The van der Waals surface area contributed by atoms with Crippen molar-refractivity contribution in [3.63, 3.8) is 0 Å². The standard InChI is InChI=1S/C21H26N2O6S/c1-28-16-8-10-19(29-2)20(14-16)30(26,27)22-18-9-7-15(13-17(18)21(24)25)23-11-5-3-4-6-12-23/h7-10,13-14,22H,3-6,11-12H2,1-2H3,(H,24,25). The fourth-order valence-corrected chi connectivity index (χ4v) is 4.78. The number of carboxylic acids is 1. The van der Waals surface area contributed by atoms with Crippen LogP contribution in [-0.4, -0.2) is 46.8 Å². The molecule has 1 aliphatic heterocycles. The molecule has 0 amide bonds. The molecule has 2 aromatic rings. The number of methoxy groups -OCH3 is 2. The highest BCUT2D eigenvalue weighted by Gasteiger charge is 2.24. The van der Waals surface area contributed by atoms with E-state index >= 15 is 0 Å². The Morgan fingerprint density at radius 3 is 2.30 bits per heavy atom. The molecule has 0 saturated carbocycles. The first-order valence-electron chi connectivity index (χ1n) is 9.73. The van der Waals surface area contributed by atoms with Gasteiger partial charge in [0, 0.05) is 24.8 Å². The summed E-state index contributed by atoms with van der Waals surface area (Å²) in [6, 6.07) is 9.15. The quantitative estimate of drug-likeness (QED) is 0.686. The molecule has 0 aliphatic carbocycles. The van der Waals surface area contributed by atoms with E-state index in [2.05, 4.69) is 9.62 Å². The number of sulfonamides is 1. The maximum atomic E-state index is 13.0. The highest BCUT2D eigenvalue weighted by molar-refractivity contribution is 7.92. The highest BCUT2D eigenvalue weighted by Crippen LogP contribution is 2.32. The van der Waals surface area contributed by atoms with E-state index in [0.717, 1.165) is 44.5 Å². The minimum Gasteiger partial charge on any atom is -0.497 e. The third kappa shape index (κ3) is 4.79. The van der Waals surface area contributed by atoms with E-state index in [1.165, 1.54) is 38.5 Å². The Morgan fingerprint density at radius 2 is 1.70 bits per heavy atom. The molecule has 1 saturated heterocycles. The Kier molecular flexibility index (Phi) is 6.71. The number of anilines is 2. The van der Waals surface area contributed by atoms with Gasteiger partial charge in [-0.1, -0.05) is 12.8 Å². The van der Waals surface area contributed by atoms with E-state index < -0.39 is 16.0 Å². The fraction of sp³-hybridized carbons (Fsp3) is 0.381. The lowest BCUT2D eigenvalue weighted by Gasteiger charge is -2.24. The lowest BCUT2D eigenvalue weighted by molar-refractivity contribution is 0.0698. The molecule has 0 unspecified atom stereocenters. The first kappa shape index (κ1) is 21.8. The van der Waals surface area contributed by atoms with Crippen molar-refractivity contribution in [2.24, 2.45) is 0 Å². The van der Waals surface area contributed by atoms with Crippen molar-refractivity contribution in [2.45, 2.75) is 30.6 Å². The van der Waals surface area contributed by atoms with Gasteiger partial charge < -0.3 is 19.5 Å². The molecule has 0 bridgehead atoms. The van der Waals surface area contributed by atoms with Crippen LogP contribution in [0.1, 0.15) is 36.0 Å². The molecule has 1 heterocycles. The van der Waals surface area contributed by atoms with Crippen molar-refractivity contribution >= 4 is 27.4 Å². The molecule has 2 aromatic carbocycles. The van der Waals surface area contributed by atoms with E-state index in [1.807, 2.05) is 0 Å². The van der Waals surface area contributed by atoms with Crippen LogP contribution in [0.25, 0.3) is 0 Å². The van der Waals surface area contributed by atoms with E-state index in [-0.39, 0.29) is 21.9 Å². The molecular weight excluding hydrogens is 408 g/mol. The molecule has 0 radical (unpaired) electrons. The molecular formula is C21H26N2O6S. The average molecular weight is 435 g/mol. The number of nitrogens with zero attached hydrogens (tertiary/aromatic N) is 1. The number of ether oxygens (including phenoxy) is 2. The fourth-order valence-electron chi connectivity index (χ4n) is 3.52. The van der Waals surface area contributed by atoms with E-state index in [0.29, 0.717) is 5.75 Å². The number of rotatable bonds is 7. The predicted octanol–water partition coefficient (Wildman–Crippen LogP) is 3.58. The van der Waals surface area contributed by atoms with Gasteiger partial charge in [-0.25, -0.2) is 13.2 Å². The second kappa shape index (κ2) is 9.25. The molecule has 1 fully saturated rings. The number of hydrogen-bond acceptors (Lipinski definition) is 6. The summed E-state index contributed by atoms with van der Waals surface area (Å²) in [7, 11) is -1.33. The van der Waals surface area contributed by atoms with Gasteiger partial charge in [-0.05, 0) is 43.2 Å². The summed E-state index contributed by atoms with van der Waals surface area (Å²) in [5, 5.41) is 9.70. The van der Waals surface area contributed by atoms with Crippen molar-refractivity contribution in [2.75, 3.05) is 36.9 Å². The first-order valence-corrected chi connectivity index (χ1v) is 11.2. The maximum absolute atomic E-state index is 13.0. The molecule has 1 aliphatic rings. The molecule has 3 rings (SSSR count). The normalized spacial score (nSPS) is 14.7. The Hall–Kier alpha value is -2.94. The minimum atomic E-state index is -4.12. The molecule has 0 aromatic heterocycles. The lowest BCUT2D eigenvalue weighted by Crippen LogP contribution is -2.24. The Bertz CT molecular complexity index is 1010. The Labute approximate surface area is 176 Å². The monoisotopic (exact) mass is 434 g/mol. The van der Waals surface area contributed by atoms with Gasteiger partial charge in [-0.2, -0.15) is 0 Å². The number of hydrogen-bond donors (Lipinski definition) is 2. The SMILES string of the molecule is COc1ccc(OC)c(S(=O)(=O)Nc2ccc(N3CCCCCC3)cc2C(=O)O)c1. The van der Waals surface area contributed by atoms with Gasteiger partial charge in [-0.3, -0.25) is 4.72 Å². The summed E-state index contributed by atoms with van der Waals surface area (Å²) in [5.74, 6) is -0.741. The molecule has 30 heavy (non-hydrogen) atoms. The third-order valence-corrected chi connectivity index (χ3v) is 6.50. The van der Waals surface area contributed by atoms with Crippen LogP contribution in [-0.2, 0) is 10.0 Å². The van der Waals surface area contributed by atoms with Crippen molar-refractivity contribution < 1.29 is 27.8 Å². The number of aromatic carboxylic acids is 1. The van der Waals surface area contributed by atoms with E-state index in [1.54, 1.807) is 12.1 Å². The summed E-state index contributed by atoms with van der Waals surface area (Å²) in [6.07, 6.45) is 4.41. The maximum Gasteiger partial charge on any atom is 0.337 e. The van der Waals surface area contributed by atoms with Crippen LogP contribution in [0.2, 0.25) is 0 Å². The summed E-state index contributed by atoms with van der Waals surface area (Å²) >= 11 is 0. The second-order valence-corrected chi connectivity index (χ2v) is 8.71. The van der Waals surface area contributed by atoms with E-state index in [4.69, 9.17) is 9.47 Å². The van der Waals surface area contributed by atoms with Crippen LogP contribution in [0.3, 0.4) is 0 Å². The molecule has 0 atom stereocenters. The number of carbonyl (C=O) groups is 1. The molecule has 0 spiro atoms. The summed E-state index contributed by atoms with van der Waals surface area (Å²) < 4.78 is 38.7. The van der Waals surface area contributed by atoms with Crippen LogP contribution >= 0.6 is 0 Å². The van der Waals surface area contributed by atoms with Gasteiger partial charge in [0.1, 0.15) is 16.4 Å². The Balaban J connectivity index is 1.96. The number of benzene rings is 2. The zero-order chi connectivity index (χ0) is 21.7. The molecule has 8 nitrogen and oxygen atoms in total. The third-order valence-electron chi connectivity index (χ3n) is 5.11. The molecule has 9 heteroatoms. The highest BCUT2D eigenvalue weighted by atomic mass is 32.2. The van der Waals surface area contributed by atoms with Crippen LogP contribution in [0.15, 0.2) is 41.3 Å². The Morgan fingerprint density at radius 1 is 1.00 bits per heavy atom. The van der Waals surface area contributed by atoms with Gasteiger partial charge in [-0.15, -0.1) is 0 Å². The number of carboxylic acid groups (broad SMARTS) is 1. The van der Waals surface area contributed by atoms with Gasteiger partial charge in [0.2, 0.25) is 0 Å². The van der Waals surface area contributed by atoms with Gasteiger partial charge in [0.15, 0.2) is 0 Å². The van der Waals surface area contributed by atoms with Crippen LogP contribution in [0.5, 0.6) is 11.5 Å². The minimum absolute atomic E-state index is 0.00838. The summed E-state index contributed by atoms with van der Waals surface area (Å²) in [4.78, 5) is 13.9. The van der Waals surface area contributed by atoms with Crippen molar-refractivity contribution in [3.8, 4) is 11.5 Å². The smallest absolute Gasteiger partial charge is 0.337 e. The summed E-state index contributed by atoms with van der Waals surface area (Å²) in [6.45, 7) is 1.70.